The molecule has 0 spiro atoms. The maximum absolute atomic E-state index is 14.1. The van der Waals surface area contributed by atoms with Crippen LogP contribution in [0, 0.1) is 0 Å². The van der Waals surface area contributed by atoms with Crippen molar-refractivity contribution >= 4 is 112 Å². The van der Waals surface area contributed by atoms with Crippen LogP contribution in [0.5, 0.6) is 0 Å². The minimum absolute atomic E-state index is 0.0294. The molecule has 33 heteroatoms. The number of likely N-dealkylation sites (N-methyl/N-ethyl adjacent to an activating group) is 2. The molecule has 27 nitrogen and oxygen atoms in total. The van der Waals surface area contributed by atoms with Crippen molar-refractivity contribution in [1.82, 2.24) is 48.8 Å². The van der Waals surface area contributed by atoms with Crippen molar-refractivity contribution < 1.29 is 70.4 Å². The quantitative estimate of drug-likeness (QED) is 0.0377. The van der Waals surface area contributed by atoms with E-state index in [4.69, 9.17) is 53.2 Å². The lowest BCUT2D eigenvalue weighted by Crippen LogP contribution is -2.40. The largest absolute Gasteiger partial charge is 0.508 e. The van der Waals surface area contributed by atoms with Crippen molar-refractivity contribution in [3.8, 4) is 0 Å². The second-order valence-corrected chi connectivity index (χ2v) is 26.9. The third kappa shape index (κ3) is 13.7. The molecule has 10 atom stereocenters. The number of fused-ring (bicyclic) bond motifs is 5. The van der Waals surface area contributed by atoms with Crippen LogP contribution in [0.15, 0.2) is 25.3 Å². The molecular formula is C38H56N12O15P2S4. The van der Waals surface area contributed by atoms with E-state index in [1.54, 1.807) is 39.8 Å². The standard InChI is InChI=1S/C38H56N12O15P2S4/c1-37(2,3)63-35(53)48(7)11-10-47(6)22(51)8-9-38(4,5)71-70-13-12-57-36(54)62-28-26-21(61-34(28)50-19-46-24-30(40)42-17-44-32(24)50)15-59-67(56,69)65-27-25(52)20(14-58-66(55,68)64-26)60-33(27)49-18-45-23-29(39)41-16-43-31(23)49/h16-21,25-28,33-34,52H,8-15H2,1-7H3,(H,55,68)(H,56,69)(H2,39,41,43)(H2,40,42,44)/t20-,21-,25-,26-,27-,28-,33-,34-,66-,67-/m1/s1. The Morgan fingerprint density at radius 3 is 1.99 bits per heavy atom. The predicted octanol–water partition coefficient (Wildman–Crippen LogP) is 4.67. The Labute approximate surface area is 425 Å². The molecule has 0 aliphatic carbocycles. The summed E-state index contributed by atoms with van der Waals surface area (Å²) in [6.07, 6.45) is -7.38. The molecule has 71 heavy (non-hydrogen) atoms. The van der Waals surface area contributed by atoms with Gasteiger partial charge < -0.3 is 50.1 Å². The van der Waals surface area contributed by atoms with Crippen molar-refractivity contribution in [2.45, 2.75) is 107 Å². The highest BCUT2D eigenvalue weighted by atomic mass is 33.1. The summed E-state index contributed by atoms with van der Waals surface area (Å²) >= 11 is 8.44. The van der Waals surface area contributed by atoms with E-state index in [1.165, 1.54) is 60.9 Å². The third-order valence-corrected chi connectivity index (χ3v) is 17.5. The summed E-state index contributed by atoms with van der Waals surface area (Å²) in [5.41, 5.74) is 12.1. The van der Waals surface area contributed by atoms with Gasteiger partial charge in [0, 0.05) is 44.1 Å². The Morgan fingerprint density at radius 2 is 1.38 bits per heavy atom. The van der Waals surface area contributed by atoms with E-state index < -0.39 is 93.7 Å². The van der Waals surface area contributed by atoms with Gasteiger partial charge in [-0.15, -0.1) is 0 Å². The molecule has 7 rings (SSSR count). The van der Waals surface area contributed by atoms with Crippen LogP contribution >= 0.6 is 59.7 Å². The molecule has 3 aliphatic heterocycles. The summed E-state index contributed by atoms with van der Waals surface area (Å²) in [5, 5.41) is 11.4. The zero-order valence-electron chi connectivity index (χ0n) is 39.5. The third-order valence-electron chi connectivity index (χ3n) is 11.0. The monoisotopic (exact) mass is 1110 g/mol. The molecule has 3 saturated heterocycles. The molecule has 0 aromatic carbocycles. The average Bonchev–Trinajstić information content (AvgIpc) is 4.07. The van der Waals surface area contributed by atoms with E-state index in [0.717, 1.165) is 0 Å². The smallest absolute Gasteiger partial charge is 0.444 e. The summed E-state index contributed by atoms with van der Waals surface area (Å²) in [7, 11) is 6.21. The molecule has 7 heterocycles. The number of amides is 2. The lowest BCUT2D eigenvalue weighted by molar-refractivity contribution is -0.130. The highest BCUT2D eigenvalue weighted by molar-refractivity contribution is 8.77. The van der Waals surface area contributed by atoms with Gasteiger partial charge in [-0.05, 0) is 41.0 Å². The van der Waals surface area contributed by atoms with Crippen LogP contribution in [0.3, 0.4) is 0 Å². The maximum atomic E-state index is 14.1. The Morgan fingerprint density at radius 1 is 0.831 bits per heavy atom. The molecule has 3 fully saturated rings. The Kier molecular flexibility index (Phi) is 17.4. The number of aliphatic hydroxyl groups is 1. The van der Waals surface area contributed by atoms with Crippen molar-refractivity contribution in [1.29, 1.82) is 0 Å². The van der Waals surface area contributed by atoms with Crippen molar-refractivity contribution in [3.63, 3.8) is 0 Å². The van der Waals surface area contributed by atoms with Gasteiger partial charge in [0.2, 0.25) is 5.91 Å². The van der Waals surface area contributed by atoms with Gasteiger partial charge in [0.25, 0.3) is 0 Å². The molecular weight excluding hydrogens is 1050 g/mol. The van der Waals surface area contributed by atoms with E-state index in [1.807, 2.05) is 13.8 Å². The molecule has 392 valence electrons. The van der Waals surface area contributed by atoms with Crippen LogP contribution in [0.2, 0.25) is 0 Å². The fraction of sp³-hybridized carbons (Fsp3) is 0.658. The van der Waals surface area contributed by atoms with Crippen molar-refractivity contribution in [3.05, 3.63) is 25.3 Å². The Hall–Kier alpha value is -3.71. The fourth-order valence-corrected chi connectivity index (χ4v) is 12.7. The van der Waals surface area contributed by atoms with Gasteiger partial charge in [-0.3, -0.25) is 32.0 Å². The number of rotatable bonds is 14. The van der Waals surface area contributed by atoms with Crippen molar-refractivity contribution in [2.24, 2.45) is 0 Å². The van der Waals surface area contributed by atoms with Crippen LogP contribution in [0.4, 0.5) is 21.2 Å². The van der Waals surface area contributed by atoms with Gasteiger partial charge in [-0.25, -0.2) is 48.6 Å². The molecule has 3 aliphatic rings. The zero-order valence-corrected chi connectivity index (χ0v) is 44.7. The highest BCUT2D eigenvalue weighted by Crippen LogP contribution is 2.60. The number of hydrogen-bond acceptors (Lipinski definition) is 25. The highest BCUT2D eigenvalue weighted by Gasteiger charge is 2.55. The van der Waals surface area contributed by atoms with E-state index in [2.05, 4.69) is 54.4 Å². The first-order valence-electron chi connectivity index (χ1n) is 21.8. The van der Waals surface area contributed by atoms with Gasteiger partial charge >= 0.3 is 25.8 Å². The minimum atomic E-state index is -4.53. The van der Waals surface area contributed by atoms with Crippen LogP contribution in [0.1, 0.15) is 59.9 Å². The average molecular weight is 1110 g/mol. The molecule has 2 bridgehead atoms. The van der Waals surface area contributed by atoms with Gasteiger partial charge in [0.15, 0.2) is 41.5 Å². The SMILES string of the molecule is CN(CCN(C)C(=O)OC(C)(C)C)C(=O)CCC(C)(C)SSCCOC(=O)O[C@@H]1[C@@H]2O[P@](=O)(S)OC[C@H]3O[C@@H](n4cnc5c(N)ncnc54)[C@H](O[P@](=O)(S)OC[C@H]2O[C@H]1n1cnc2c(N)ncnc21)[C@@H]3O. The Balaban J connectivity index is 1.00. The number of imidazole rings is 2. The number of hydrogen-bond donors (Lipinski definition) is 5. The molecule has 0 saturated carbocycles. The Bertz CT molecular complexity index is 2670. The fourth-order valence-electron chi connectivity index (χ4n) is 7.33. The number of ether oxygens (including phenoxy) is 5. The number of carbonyl (C=O) groups excluding carboxylic acids is 3. The lowest BCUT2D eigenvalue weighted by atomic mass is 10.1. The number of anilines is 2. The van der Waals surface area contributed by atoms with Gasteiger partial charge in [0.05, 0.1) is 25.9 Å². The normalized spacial score (nSPS) is 28.4. The van der Waals surface area contributed by atoms with Crippen LogP contribution in [0.25, 0.3) is 22.3 Å². The summed E-state index contributed by atoms with van der Waals surface area (Å²) in [6.45, 7) is -0.468. The number of nitrogens with zero attached hydrogens (tertiary/aromatic N) is 10. The first-order chi connectivity index (χ1) is 33.3. The number of nitrogen functional groups attached to an aromatic ring is 2. The molecule has 4 aromatic rings. The predicted molar refractivity (Wildman–Crippen MR) is 264 cm³/mol. The molecule has 4 aromatic heterocycles. The number of carbonyl (C=O) groups is 3. The summed E-state index contributed by atoms with van der Waals surface area (Å²) in [5.74, 6) is 0.315. The van der Waals surface area contributed by atoms with Gasteiger partial charge in [-0.2, -0.15) is 0 Å². The molecule has 5 N–H and O–H groups in total. The number of aromatic nitrogens is 8. The summed E-state index contributed by atoms with van der Waals surface area (Å²) in [4.78, 5) is 66.7. The first-order valence-corrected chi connectivity index (χ1v) is 29.5. The van der Waals surface area contributed by atoms with E-state index >= 15 is 0 Å². The minimum Gasteiger partial charge on any atom is -0.444 e. The van der Waals surface area contributed by atoms with Crippen LogP contribution in [-0.4, -0.2) is 172 Å². The van der Waals surface area contributed by atoms with Gasteiger partial charge in [-0.1, -0.05) is 46.1 Å². The van der Waals surface area contributed by atoms with Gasteiger partial charge in [0.1, 0.15) is 66.4 Å². The van der Waals surface area contributed by atoms with E-state index in [9.17, 15) is 28.6 Å². The second-order valence-electron chi connectivity index (χ2n) is 18.0. The molecule has 0 radical (unpaired) electrons. The number of thiol groups is 2. The number of nitrogens with two attached hydrogens (primary N) is 2. The number of aliphatic hydroxyl groups excluding tert-OH is 1. The van der Waals surface area contributed by atoms with E-state index in [0.29, 0.717) is 25.3 Å². The second kappa shape index (κ2) is 22.4. The topological polar surface area (TPSA) is 334 Å². The lowest BCUT2D eigenvalue weighted by Gasteiger charge is -2.27. The summed E-state index contributed by atoms with van der Waals surface area (Å²) < 4.78 is 83.0. The first kappa shape index (κ1) is 55.0. The zero-order chi connectivity index (χ0) is 51.6. The molecule has 2 amide bonds. The molecule has 0 unspecified atom stereocenters. The maximum Gasteiger partial charge on any atom is 0.508 e. The summed E-state index contributed by atoms with van der Waals surface area (Å²) in [6, 6.07) is 0. The van der Waals surface area contributed by atoms with Crippen LogP contribution in [-0.2, 0) is 55.7 Å². The van der Waals surface area contributed by atoms with Crippen LogP contribution < -0.4 is 11.5 Å². The van der Waals surface area contributed by atoms with E-state index in [-0.39, 0.29) is 57.6 Å². The van der Waals surface area contributed by atoms with Crippen molar-refractivity contribution in [2.75, 3.05) is 64.2 Å².